The number of carbonyl (C=O) groups excluding carboxylic acids is 2. The maximum atomic E-state index is 13.6. The van der Waals surface area contributed by atoms with Crippen LogP contribution < -0.4 is 9.62 Å². The fraction of sp³-hybridized carbons (Fsp3) is 0.417. The Morgan fingerprint density at radius 2 is 1.76 bits per heavy atom. The summed E-state index contributed by atoms with van der Waals surface area (Å²) >= 11 is 6.12. The van der Waals surface area contributed by atoms with E-state index in [4.69, 9.17) is 11.6 Å². The zero-order valence-corrected chi connectivity index (χ0v) is 22.1. The van der Waals surface area contributed by atoms with E-state index in [1.165, 1.54) is 19.0 Å². The van der Waals surface area contributed by atoms with Gasteiger partial charge in [0.05, 0.1) is 5.69 Å². The topological polar surface area (TPSA) is 90.0 Å². The first-order valence-electron chi connectivity index (χ1n) is 11.0. The molecular formula is C24H33ClN4O4S. The Kier molecular flexibility index (Phi) is 9.49. The molecule has 186 valence electrons. The van der Waals surface area contributed by atoms with Gasteiger partial charge in [0.15, 0.2) is 0 Å². The third-order valence-electron chi connectivity index (χ3n) is 5.41. The molecule has 0 bridgehead atoms. The van der Waals surface area contributed by atoms with Crippen LogP contribution >= 0.6 is 11.6 Å². The van der Waals surface area contributed by atoms with Gasteiger partial charge < -0.3 is 10.2 Å². The van der Waals surface area contributed by atoms with Gasteiger partial charge in [0, 0.05) is 32.2 Å². The number of amides is 2. The summed E-state index contributed by atoms with van der Waals surface area (Å²) in [5.41, 5.74) is 2.71. The van der Waals surface area contributed by atoms with Crippen LogP contribution in [0.5, 0.6) is 0 Å². The minimum atomic E-state index is -4.00. The summed E-state index contributed by atoms with van der Waals surface area (Å²) in [6.07, 6.45) is 0. The molecule has 8 nitrogen and oxygen atoms in total. The van der Waals surface area contributed by atoms with Crippen molar-refractivity contribution in [2.45, 2.75) is 40.3 Å². The lowest BCUT2D eigenvalue weighted by Gasteiger charge is -2.33. The van der Waals surface area contributed by atoms with E-state index in [-0.39, 0.29) is 12.5 Å². The molecule has 10 heteroatoms. The van der Waals surface area contributed by atoms with Crippen molar-refractivity contribution in [3.63, 3.8) is 0 Å². The maximum Gasteiger partial charge on any atom is 0.304 e. The summed E-state index contributed by atoms with van der Waals surface area (Å²) in [6, 6.07) is 11.6. The van der Waals surface area contributed by atoms with E-state index in [9.17, 15) is 18.0 Å². The zero-order valence-electron chi connectivity index (χ0n) is 20.5. The number of anilines is 1. The number of rotatable bonds is 10. The molecule has 0 saturated heterocycles. The highest BCUT2D eigenvalue weighted by Gasteiger charge is 2.33. The smallest absolute Gasteiger partial charge is 0.304 e. The largest absolute Gasteiger partial charge is 0.355 e. The van der Waals surface area contributed by atoms with E-state index in [0.29, 0.717) is 22.8 Å². The minimum Gasteiger partial charge on any atom is -0.355 e. The fourth-order valence-electron chi connectivity index (χ4n) is 3.43. The Hall–Kier alpha value is -2.62. The van der Waals surface area contributed by atoms with Crippen molar-refractivity contribution in [2.75, 3.05) is 31.5 Å². The Bertz CT molecular complexity index is 1140. The van der Waals surface area contributed by atoms with E-state index in [2.05, 4.69) is 5.32 Å². The minimum absolute atomic E-state index is 0.0976. The van der Waals surface area contributed by atoms with Crippen molar-refractivity contribution in [1.82, 2.24) is 14.5 Å². The number of nitrogens with zero attached hydrogens (tertiary/aromatic N) is 3. The summed E-state index contributed by atoms with van der Waals surface area (Å²) in [6.45, 7) is 7.10. The van der Waals surface area contributed by atoms with Crippen LogP contribution in [0.15, 0.2) is 42.5 Å². The lowest BCUT2D eigenvalue weighted by Crippen LogP contribution is -2.52. The van der Waals surface area contributed by atoms with E-state index < -0.39 is 28.7 Å². The molecule has 0 aromatic heterocycles. The summed E-state index contributed by atoms with van der Waals surface area (Å²) in [4.78, 5) is 27.6. The summed E-state index contributed by atoms with van der Waals surface area (Å²) in [7, 11) is -1.17. The number of halogens is 1. The van der Waals surface area contributed by atoms with Crippen LogP contribution in [-0.2, 0) is 26.3 Å². The number of nitrogens with one attached hydrogen (secondary N) is 1. The predicted molar refractivity (Wildman–Crippen MR) is 136 cm³/mol. The second-order valence-electron chi connectivity index (χ2n) is 8.31. The lowest BCUT2D eigenvalue weighted by molar-refractivity contribution is -0.139. The van der Waals surface area contributed by atoms with Crippen LogP contribution in [0.4, 0.5) is 5.69 Å². The number of hydrogen-bond donors (Lipinski definition) is 1. The van der Waals surface area contributed by atoms with Gasteiger partial charge in [0.25, 0.3) is 0 Å². The predicted octanol–water partition coefficient (Wildman–Crippen LogP) is 3.12. The fourth-order valence-corrected chi connectivity index (χ4v) is 4.75. The van der Waals surface area contributed by atoms with E-state index in [1.807, 2.05) is 19.1 Å². The molecule has 0 spiro atoms. The highest BCUT2D eigenvalue weighted by molar-refractivity contribution is 7.90. The SMILES string of the molecule is CCNC(=O)C(C)N(Cc1cccc(Cl)c1)C(=O)CN(c1cc(C)ccc1C)S(=O)(=O)N(C)C. The van der Waals surface area contributed by atoms with Gasteiger partial charge >= 0.3 is 10.2 Å². The second-order valence-corrected chi connectivity index (χ2v) is 10.8. The van der Waals surface area contributed by atoms with Crippen LogP contribution in [0.1, 0.15) is 30.5 Å². The molecule has 1 N–H and O–H groups in total. The Morgan fingerprint density at radius 1 is 1.09 bits per heavy atom. The summed E-state index contributed by atoms with van der Waals surface area (Å²) in [5.74, 6) is -0.836. The van der Waals surface area contributed by atoms with Crippen molar-refractivity contribution >= 4 is 39.3 Å². The Labute approximate surface area is 207 Å². The monoisotopic (exact) mass is 508 g/mol. The number of likely N-dealkylation sites (N-methyl/N-ethyl adjacent to an activating group) is 1. The molecule has 2 aromatic carbocycles. The van der Waals surface area contributed by atoms with Gasteiger partial charge in [0.1, 0.15) is 12.6 Å². The molecular weight excluding hydrogens is 476 g/mol. The maximum absolute atomic E-state index is 13.6. The third-order valence-corrected chi connectivity index (χ3v) is 7.45. The average molecular weight is 509 g/mol. The van der Waals surface area contributed by atoms with Gasteiger partial charge in [-0.15, -0.1) is 0 Å². The van der Waals surface area contributed by atoms with Crippen LogP contribution in [0, 0.1) is 13.8 Å². The molecule has 0 heterocycles. The second kappa shape index (κ2) is 11.7. The van der Waals surface area contributed by atoms with Crippen molar-refractivity contribution < 1.29 is 18.0 Å². The lowest BCUT2D eigenvalue weighted by atomic mass is 10.1. The molecule has 0 aliphatic heterocycles. The van der Waals surface area contributed by atoms with Crippen molar-refractivity contribution in [2.24, 2.45) is 0 Å². The van der Waals surface area contributed by atoms with Gasteiger partial charge in [0.2, 0.25) is 11.8 Å². The molecule has 0 radical (unpaired) electrons. The van der Waals surface area contributed by atoms with Gasteiger partial charge in [-0.25, -0.2) is 4.31 Å². The standard InChI is InChI=1S/C24H33ClN4O4S/c1-7-26-24(31)19(4)28(15-20-9-8-10-21(25)14-20)23(30)16-29(34(32,33)27(5)6)22-13-17(2)11-12-18(22)3/h8-14,19H,7,15-16H2,1-6H3,(H,26,31). The highest BCUT2D eigenvalue weighted by atomic mass is 35.5. The van der Waals surface area contributed by atoms with Crippen LogP contribution in [-0.4, -0.2) is 62.7 Å². The third kappa shape index (κ3) is 6.71. The van der Waals surface area contributed by atoms with Crippen LogP contribution in [0.3, 0.4) is 0 Å². The Morgan fingerprint density at radius 3 is 2.35 bits per heavy atom. The Balaban J connectivity index is 2.51. The molecule has 0 aliphatic rings. The van der Waals surface area contributed by atoms with Crippen molar-refractivity contribution in [1.29, 1.82) is 0 Å². The molecule has 1 unspecified atom stereocenters. The van der Waals surface area contributed by atoms with Gasteiger partial charge in [-0.2, -0.15) is 12.7 Å². The van der Waals surface area contributed by atoms with E-state index in [0.717, 1.165) is 19.7 Å². The van der Waals surface area contributed by atoms with Crippen LogP contribution in [0.2, 0.25) is 5.02 Å². The van der Waals surface area contributed by atoms with Crippen LogP contribution in [0.25, 0.3) is 0 Å². The molecule has 34 heavy (non-hydrogen) atoms. The normalized spacial score (nSPS) is 12.4. The van der Waals surface area contributed by atoms with E-state index in [1.54, 1.807) is 51.1 Å². The number of carbonyl (C=O) groups is 2. The molecule has 2 amide bonds. The van der Waals surface area contributed by atoms with Crippen molar-refractivity contribution in [3.05, 3.63) is 64.2 Å². The molecule has 0 aliphatic carbocycles. The van der Waals surface area contributed by atoms with Gasteiger partial charge in [-0.1, -0.05) is 35.9 Å². The molecule has 1 atom stereocenters. The van der Waals surface area contributed by atoms with Gasteiger partial charge in [-0.3, -0.25) is 9.59 Å². The number of aryl methyl sites for hydroxylation is 2. The first-order chi connectivity index (χ1) is 15.9. The first-order valence-corrected chi connectivity index (χ1v) is 12.7. The first kappa shape index (κ1) is 27.6. The number of benzene rings is 2. The van der Waals surface area contributed by atoms with Gasteiger partial charge in [-0.05, 0) is 62.6 Å². The zero-order chi connectivity index (χ0) is 25.6. The highest BCUT2D eigenvalue weighted by Crippen LogP contribution is 2.26. The number of hydrogen-bond acceptors (Lipinski definition) is 4. The average Bonchev–Trinajstić information content (AvgIpc) is 2.77. The summed E-state index contributed by atoms with van der Waals surface area (Å²) < 4.78 is 28.6. The molecule has 0 saturated carbocycles. The molecule has 2 rings (SSSR count). The molecule has 0 fully saturated rings. The quantitative estimate of drug-likeness (QED) is 0.534. The van der Waals surface area contributed by atoms with E-state index >= 15 is 0 Å². The van der Waals surface area contributed by atoms with Crippen molar-refractivity contribution in [3.8, 4) is 0 Å². The summed E-state index contributed by atoms with van der Waals surface area (Å²) in [5, 5.41) is 3.23. The molecule has 2 aromatic rings.